The van der Waals surface area contributed by atoms with E-state index in [1.165, 1.54) is 0 Å². The topological polar surface area (TPSA) is 83.8 Å². The summed E-state index contributed by atoms with van der Waals surface area (Å²) in [5.41, 5.74) is 0.563. The molecule has 0 aromatic heterocycles. The molecular weight excluding hydrogens is 240 g/mol. The molecule has 0 unspecified atom stereocenters. The van der Waals surface area contributed by atoms with Crippen molar-refractivity contribution in [1.82, 2.24) is 4.90 Å². The average molecular weight is 254 g/mol. The van der Waals surface area contributed by atoms with Gasteiger partial charge in [-0.25, -0.2) is 0 Å². The Morgan fingerprint density at radius 1 is 1.11 bits per heavy atom. The van der Waals surface area contributed by atoms with Crippen LogP contribution in [0.15, 0.2) is 24.3 Å². The molecule has 0 bridgehead atoms. The van der Waals surface area contributed by atoms with Crippen LogP contribution in [0.3, 0.4) is 0 Å². The van der Waals surface area contributed by atoms with Crippen molar-refractivity contribution in [3.8, 4) is 24.0 Å². The maximum atomic E-state index is 8.75. The highest BCUT2D eigenvalue weighted by molar-refractivity contribution is 5.36. The van der Waals surface area contributed by atoms with Crippen LogP contribution in [0.1, 0.15) is 12.0 Å². The Hall–Kier alpha value is -2.55. The van der Waals surface area contributed by atoms with Crippen molar-refractivity contribution < 1.29 is 4.74 Å². The highest BCUT2D eigenvalue weighted by atomic mass is 16.5. The largest absolute Gasteiger partial charge is 0.494 e. The first-order valence-electron chi connectivity index (χ1n) is 5.89. The summed E-state index contributed by atoms with van der Waals surface area (Å²) in [6.45, 7) is 1.62. The maximum Gasteiger partial charge on any atom is 0.120 e. The number of hydrogen-bond donors (Lipinski definition) is 0. The summed E-state index contributed by atoms with van der Waals surface area (Å²) < 4.78 is 5.51. The fourth-order valence-corrected chi connectivity index (χ4v) is 1.55. The van der Waals surface area contributed by atoms with E-state index >= 15 is 0 Å². The predicted octanol–water partition coefficient (Wildman–Crippen LogP) is 1.68. The van der Waals surface area contributed by atoms with Crippen molar-refractivity contribution in [2.45, 2.75) is 6.42 Å². The third-order valence-corrected chi connectivity index (χ3v) is 2.44. The first-order valence-corrected chi connectivity index (χ1v) is 5.89. The second-order valence-electron chi connectivity index (χ2n) is 3.87. The zero-order chi connectivity index (χ0) is 13.9. The van der Waals surface area contributed by atoms with Gasteiger partial charge in [-0.05, 0) is 24.6 Å². The zero-order valence-corrected chi connectivity index (χ0v) is 10.5. The number of benzene rings is 1. The molecule has 0 aliphatic carbocycles. The van der Waals surface area contributed by atoms with Gasteiger partial charge in [0.05, 0.1) is 43.5 Å². The Kier molecular flexibility index (Phi) is 6.51. The lowest BCUT2D eigenvalue weighted by Crippen LogP contribution is -2.26. The zero-order valence-electron chi connectivity index (χ0n) is 10.5. The number of ether oxygens (including phenoxy) is 1. The van der Waals surface area contributed by atoms with E-state index in [2.05, 4.69) is 0 Å². The number of rotatable bonds is 7. The van der Waals surface area contributed by atoms with Crippen molar-refractivity contribution in [1.29, 1.82) is 15.8 Å². The molecule has 0 fully saturated rings. The first kappa shape index (κ1) is 14.5. The lowest BCUT2D eigenvalue weighted by molar-refractivity contribution is 0.264. The second-order valence-corrected chi connectivity index (χ2v) is 3.87. The van der Waals surface area contributed by atoms with Gasteiger partial charge in [0.2, 0.25) is 0 Å². The molecule has 5 heteroatoms. The van der Waals surface area contributed by atoms with E-state index in [9.17, 15) is 0 Å². The minimum Gasteiger partial charge on any atom is -0.494 e. The van der Waals surface area contributed by atoms with E-state index in [-0.39, 0.29) is 13.1 Å². The number of nitrogens with zero attached hydrogens (tertiary/aromatic N) is 4. The van der Waals surface area contributed by atoms with Gasteiger partial charge in [0.15, 0.2) is 0 Å². The highest BCUT2D eigenvalue weighted by Crippen LogP contribution is 2.12. The molecule has 0 spiro atoms. The van der Waals surface area contributed by atoms with Gasteiger partial charge < -0.3 is 4.74 Å². The predicted molar refractivity (Wildman–Crippen MR) is 68.9 cm³/mol. The standard InChI is InChI=1S/C14H14N4O/c15-5-8-18(9-6-16)7-2-10-19-14-4-1-3-13(11-14)12-17/h1,3-4,11H,2,7-10H2. The summed E-state index contributed by atoms with van der Waals surface area (Å²) in [5, 5.41) is 25.9. The molecule has 1 aromatic rings. The molecule has 0 saturated heterocycles. The minimum atomic E-state index is 0.247. The Balaban J connectivity index is 2.32. The molecule has 19 heavy (non-hydrogen) atoms. The Labute approximate surface area is 112 Å². The van der Waals surface area contributed by atoms with Gasteiger partial charge in [-0.3, -0.25) is 4.90 Å². The van der Waals surface area contributed by atoms with Crippen LogP contribution in [-0.4, -0.2) is 31.1 Å². The van der Waals surface area contributed by atoms with E-state index in [4.69, 9.17) is 20.5 Å². The van der Waals surface area contributed by atoms with Crippen molar-refractivity contribution in [2.75, 3.05) is 26.2 Å². The third kappa shape index (κ3) is 5.55. The van der Waals surface area contributed by atoms with Crippen LogP contribution >= 0.6 is 0 Å². The molecule has 96 valence electrons. The Morgan fingerprint density at radius 3 is 2.47 bits per heavy atom. The van der Waals surface area contributed by atoms with E-state index in [1.54, 1.807) is 29.2 Å². The van der Waals surface area contributed by atoms with Gasteiger partial charge in [0, 0.05) is 6.54 Å². The molecule has 0 radical (unpaired) electrons. The smallest absolute Gasteiger partial charge is 0.120 e. The molecule has 0 heterocycles. The van der Waals surface area contributed by atoms with Crippen LogP contribution in [0.4, 0.5) is 0 Å². The molecule has 0 aliphatic rings. The van der Waals surface area contributed by atoms with Gasteiger partial charge in [0.1, 0.15) is 5.75 Å². The quantitative estimate of drug-likeness (QED) is 0.546. The second kappa shape index (κ2) is 8.53. The molecule has 0 aliphatic heterocycles. The summed E-state index contributed by atoms with van der Waals surface area (Å²) in [5.74, 6) is 0.658. The fraction of sp³-hybridized carbons (Fsp3) is 0.357. The maximum absolute atomic E-state index is 8.75. The monoisotopic (exact) mass is 254 g/mol. The minimum absolute atomic E-state index is 0.247. The van der Waals surface area contributed by atoms with Gasteiger partial charge >= 0.3 is 0 Å². The van der Waals surface area contributed by atoms with Crippen LogP contribution < -0.4 is 4.74 Å². The molecule has 0 N–H and O–H groups in total. The van der Waals surface area contributed by atoms with Crippen molar-refractivity contribution in [2.24, 2.45) is 0 Å². The van der Waals surface area contributed by atoms with E-state index in [1.807, 2.05) is 18.2 Å². The van der Waals surface area contributed by atoms with Gasteiger partial charge in [-0.2, -0.15) is 15.8 Å². The highest BCUT2D eigenvalue weighted by Gasteiger charge is 2.03. The van der Waals surface area contributed by atoms with Crippen molar-refractivity contribution >= 4 is 0 Å². The fourth-order valence-electron chi connectivity index (χ4n) is 1.55. The van der Waals surface area contributed by atoms with Gasteiger partial charge in [0.25, 0.3) is 0 Å². The van der Waals surface area contributed by atoms with Crippen molar-refractivity contribution in [3.63, 3.8) is 0 Å². The SMILES string of the molecule is N#CCN(CC#N)CCCOc1cccc(C#N)c1. The summed E-state index contributed by atoms with van der Waals surface area (Å²) in [7, 11) is 0. The summed E-state index contributed by atoms with van der Waals surface area (Å²) in [6.07, 6.45) is 0.722. The Bertz CT molecular complexity index is 505. The van der Waals surface area contributed by atoms with E-state index in [0.29, 0.717) is 24.5 Å². The molecular formula is C14H14N4O. The molecule has 0 atom stereocenters. The molecule has 1 rings (SSSR count). The first-order chi connectivity index (χ1) is 9.30. The van der Waals surface area contributed by atoms with E-state index in [0.717, 1.165) is 6.42 Å². The average Bonchev–Trinajstić information content (AvgIpc) is 2.44. The molecule has 5 nitrogen and oxygen atoms in total. The molecule has 0 saturated carbocycles. The lowest BCUT2D eigenvalue weighted by Gasteiger charge is -2.15. The van der Waals surface area contributed by atoms with Crippen LogP contribution in [-0.2, 0) is 0 Å². The van der Waals surface area contributed by atoms with Gasteiger partial charge in [-0.15, -0.1) is 0 Å². The Morgan fingerprint density at radius 2 is 1.84 bits per heavy atom. The lowest BCUT2D eigenvalue weighted by atomic mass is 10.2. The van der Waals surface area contributed by atoms with Crippen LogP contribution in [0.5, 0.6) is 5.75 Å². The molecule has 0 amide bonds. The number of hydrogen-bond acceptors (Lipinski definition) is 5. The van der Waals surface area contributed by atoms with E-state index < -0.39 is 0 Å². The number of nitriles is 3. The van der Waals surface area contributed by atoms with Crippen molar-refractivity contribution in [3.05, 3.63) is 29.8 Å². The van der Waals surface area contributed by atoms with Gasteiger partial charge in [-0.1, -0.05) is 6.07 Å². The van der Waals surface area contributed by atoms with Crippen LogP contribution in [0.25, 0.3) is 0 Å². The van der Waals surface area contributed by atoms with Crippen LogP contribution in [0, 0.1) is 34.0 Å². The summed E-state index contributed by atoms with van der Waals surface area (Å²) in [4.78, 5) is 1.76. The van der Waals surface area contributed by atoms with Crippen LogP contribution in [0.2, 0.25) is 0 Å². The summed E-state index contributed by atoms with van der Waals surface area (Å²) in [6, 6.07) is 13.1. The third-order valence-electron chi connectivity index (χ3n) is 2.44. The molecule has 1 aromatic carbocycles. The summed E-state index contributed by atoms with van der Waals surface area (Å²) >= 11 is 0. The normalized spacial score (nSPS) is 9.37.